The summed E-state index contributed by atoms with van der Waals surface area (Å²) in [5.41, 5.74) is 4.87. The first-order valence-corrected chi connectivity index (χ1v) is 11.6. The number of pyridine rings is 1. The van der Waals surface area contributed by atoms with Crippen molar-refractivity contribution in [1.82, 2.24) is 4.98 Å². The lowest BCUT2D eigenvalue weighted by Gasteiger charge is -2.29. The highest BCUT2D eigenvalue weighted by Crippen LogP contribution is 2.43. The van der Waals surface area contributed by atoms with Crippen molar-refractivity contribution in [3.63, 3.8) is 0 Å². The van der Waals surface area contributed by atoms with Crippen LogP contribution in [0.2, 0.25) is 0 Å². The molecular formula is C32H23N. The summed E-state index contributed by atoms with van der Waals surface area (Å²) in [6.07, 6.45) is 8.92. The van der Waals surface area contributed by atoms with Gasteiger partial charge in [0, 0.05) is 11.6 Å². The Morgan fingerprint density at radius 1 is 0.606 bits per heavy atom. The first-order chi connectivity index (χ1) is 16.1. The van der Waals surface area contributed by atoms with Crippen molar-refractivity contribution in [3.8, 4) is 0 Å². The molecule has 0 spiro atoms. The number of benzene rings is 4. The molecule has 5 aromatic rings. The molecule has 0 unspecified atom stereocenters. The summed E-state index contributed by atoms with van der Waals surface area (Å²) < 4.78 is 0. The van der Waals surface area contributed by atoms with Crippen LogP contribution in [0.4, 0.5) is 0 Å². The molecule has 0 fully saturated rings. The molecule has 0 bridgehead atoms. The maximum absolute atomic E-state index is 4.61. The highest BCUT2D eigenvalue weighted by molar-refractivity contribution is 6.25. The van der Waals surface area contributed by atoms with E-state index >= 15 is 0 Å². The number of allylic oxidation sites excluding steroid dienone is 4. The quantitative estimate of drug-likeness (QED) is 0.280. The predicted molar refractivity (Wildman–Crippen MR) is 140 cm³/mol. The van der Waals surface area contributed by atoms with E-state index in [-0.39, 0.29) is 5.41 Å². The Balaban J connectivity index is 1.60. The summed E-state index contributed by atoms with van der Waals surface area (Å²) in [6.45, 7) is 4.65. The molecule has 0 N–H and O–H groups in total. The highest BCUT2D eigenvalue weighted by atomic mass is 14.7. The minimum absolute atomic E-state index is 0.0843. The largest absolute Gasteiger partial charge is 0.256 e. The Hall–Kier alpha value is -3.97. The van der Waals surface area contributed by atoms with Crippen LogP contribution in [0.25, 0.3) is 49.5 Å². The van der Waals surface area contributed by atoms with Gasteiger partial charge in [-0.25, -0.2) is 0 Å². The molecule has 0 amide bonds. The summed E-state index contributed by atoms with van der Waals surface area (Å²) in [5.74, 6) is 0. The van der Waals surface area contributed by atoms with Crippen LogP contribution in [0.3, 0.4) is 0 Å². The molecule has 0 radical (unpaired) electrons. The van der Waals surface area contributed by atoms with Crippen molar-refractivity contribution in [2.75, 3.05) is 0 Å². The van der Waals surface area contributed by atoms with Crippen LogP contribution in [0.5, 0.6) is 0 Å². The standard InChI is InChI=1S/C32H23N/c1-32(2)19-22(30-13-7-8-14-33-30)16-21-15-20-17-28-25-11-5-3-9-23(25)24-10-4-6-12-26(24)29(28)18-27(20)31(21)32/h3-19H,1-2H3. The van der Waals surface area contributed by atoms with Gasteiger partial charge in [0.15, 0.2) is 0 Å². The number of aromatic nitrogens is 1. The van der Waals surface area contributed by atoms with Crippen molar-refractivity contribution >= 4 is 49.5 Å². The molecule has 0 atom stereocenters. The van der Waals surface area contributed by atoms with Gasteiger partial charge in [0.1, 0.15) is 0 Å². The smallest absolute Gasteiger partial charge is 0.0699 e. The monoisotopic (exact) mass is 421 g/mol. The van der Waals surface area contributed by atoms with Gasteiger partial charge in [0.25, 0.3) is 0 Å². The fraction of sp³-hybridized carbons (Fsp3) is 0.0938. The van der Waals surface area contributed by atoms with Crippen molar-refractivity contribution in [3.05, 3.63) is 119 Å². The predicted octanol–water partition coefficient (Wildman–Crippen LogP) is 6.54. The summed E-state index contributed by atoms with van der Waals surface area (Å²) in [5, 5.41) is 10.6. The van der Waals surface area contributed by atoms with Gasteiger partial charge in [-0.3, -0.25) is 4.98 Å². The van der Waals surface area contributed by atoms with Crippen molar-refractivity contribution in [2.45, 2.75) is 13.8 Å². The van der Waals surface area contributed by atoms with Crippen molar-refractivity contribution in [1.29, 1.82) is 0 Å². The fourth-order valence-corrected chi connectivity index (χ4v) is 5.88. The Morgan fingerprint density at radius 2 is 1.21 bits per heavy atom. The number of fused-ring (bicyclic) bond motifs is 8. The first kappa shape index (κ1) is 18.6. The van der Waals surface area contributed by atoms with Crippen LogP contribution in [-0.4, -0.2) is 4.98 Å². The number of nitrogens with zero attached hydrogens (tertiary/aromatic N) is 1. The van der Waals surface area contributed by atoms with Crippen LogP contribution < -0.4 is 10.4 Å². The summed E-state index contributed by atoms with van der Waals surface area (Å²) >= 11 is 0. The molecule has 0 aliphatic heterocycles. The molecule has 33 heavy (non-hydrogen) atoms. The Kier molecular flexibility index (Phi) is 3.67. The third-order valence-corrected chi connectivity index (χ3v) is 7.22. The van der Waals surface area contributed by atoms with E-state index in [1.54, 1.807) is 0 Å². The summed E-state index contributed by atoms with van der Waals surface area (Å²) in [7, 11) is 0. The second-order valence-corrected chi connectivity index (χ2v) is 9.73. The topological polar surface area (TPSA) is 12.9 Å². The van der Waals surface area contributed by atoms with Gasteiger partial charge in [0.05, 0.1) is 5.69 Å². The molecule has 1 heteroatoms. The zero-order valence-electron chi connectivity index (χ0n) is 18.8. The van der Waals surface area contributed by atoms with E-state index in [1.165, 1.54) is 59.5 Å². The van der Waals surface area contributed by atoms with E-state index in [0.717, 1.165) is 5.69 Å². The minimum Gasteiger partial charge on any atom is -0.256 e. The molecule has 156 valence electrons. The van der Waals surface area contributed by atoms with E-state index in [0.29, 0.717) is 0 Å². The third kappa shape index (κ3) is 2.63. The molecule has 0 saturated heterocycles. The normalized spacial score (nSPS) is 16.4. The first-order valence-electron chi connectivity index (χ1n) is 11.6. The van der Waals surface area contributed by atoms with E-state index in [4.69, 9.17) is 0 Å². The Bertz CT molecular complexity index is 1820. The zero-order chi connectivity index (χ0) is 22.2. The van der Waals surface area contributed by atoms with Gasteiger partial charge < -0.3 is 0 Å². The lowest BCUT2D eigenvalue weighted by molar-refractivity contribution is 0.646. The van der Waals surface area contributed by atoms with Gasteiger partial charge in [-0.2, -0.15) is 0 Å². The zero-order valence-corrected chi connectivity index (χ0v) is 18.8. The molecule has 1 aromatic heterocycles. The van der Waals surface area contributed by atoms with E-state index < -0.39 is 0 Å². The van der Waals surface area contributed by atoms with Crippen molar-refractivity contribution in [2.24, 2.45) is 5.41 Å². The fourth-order valence-electron chi connectivity index (χ4n) is 5.88. The van der Waals surface area contributed by atoms with E-state index in [2.05, 4.69) is 110 Å². The van der Waals surface area contributed by atoms with Gasteiger partial charge >= 0.3 is 0 Å². The van der Waals surface area contributed by atoms with Crippen molar-refractivity contribution < 1.29 is 0 Å². The van der Waals surface area contributed by atoms with E-state index in [1.807, 2.05) is 12.3 Å². The second kappa shape index (κ2) is 6.52. The number of rotatable bonds is 1. The molecule has 7 rings (SSSR count). The van der Waals surface area contributed by atoms with Crippen LogP contribution in [0.15, 0.2) is 103 Å². The number of hydrogen-bond donors (Lipinski definition) is 0. The van der Waals surface area contributed by atoms with Gasteiger partial charge in [-0.15, -0.1) is 0 Å². The summed E-state index contributed by atoms with van der Waals surface area (Å²) in [4.78, 5) is 4.61. The molecule has 4 aromatic carbocycles. The maximum Gasteiger partial charge on any atom is 0.0699 e. The minimum atomic E-state index is -0.0843. The molecule has 1 heterocycles. The highest BCUT2D eigenvalue weighted by Gasteiger charge is 2.31. The SMILES string of the molecule is CC1(C)C=C(c2ccccn2)C=C2C=c3cc4c5ccccc5c5ccccc5c4cc3=C21. The van der Waals surface area contributed by atoms with Crippen LogP contribution >= 0.6 is 0 Å². The van der Waals surface area contributed by atoms with Crippen LogP contribution in [-0.2, 0) is 0 Å². The maximum atomic E-state index is 4.61. The Morgan fingerprint density at radius 3 is 1.85 bits per heavy atom. The average molecular weight is 422 g/mol. The van der Waals surface area contributed by atoms with Crippen LogP contribution in [0, 0.1) is 5.41 Å². The van der Waals surface area contributed by atoms with E-state index in [9.17, 15) is 0 Å². The van der Waals surface area contributed by atoms with Gasteiger partial charge in [0.2, 0.25) is 0 Å². The lowest BCUT2D eigenvalue weighted by Crippen LogP contribution is -2.28. The summed E-state index contributed by atoms with van der Waals surface area (Å²) in [6, 6.07) is 28.6. The molecule has 1 nitrogen and oxygen atoms in total. The average Bonchev–Trinajstić information content (AvgIpc) is 3.22. The molecule has 2 aliphatic rings. The number of hydrogen-bond acceptors (Lipinski definition) is 1. The Labute approximate surface area is 192 Å². The van der Waals surface area contributed by atoms with Crippen LogP contribution in [0.1, 0.15) is 19.5 Å². The second-order valence-electron chi connectivity index (χ2n) is 9.73. The molecular weight excluding hydrogens is 398 g/mol. The lowest BCUT2D eigenvalue weighted by atomic mass is 9.74. The molecule has 0 saturated carbocycles. The third-order valence-electron chi connectivity index (χ3n) is 7.22. The molecule has 2 aliphatic carbocycles. The van der Waals surface area contributed by atoms with Gasteiger partial charge in [-0.05, 0) is 95.9 Å². The van der Waals surface area contributed by atoms with Gasteiger partial charge in [-0.1, -0.05) is 74.5 Å².